The van der Waals surface area contributed by atoms with Crippen molar-refractivity contribution in [3.63, 3.8) is 0 Å². The number of nitrogens with zero attached hydrogens (tertiary/aromatic N) is 4. The van der Waals surface area contributed by atoms with Crippen molar-refractivity contribution < 1.29 is 4.42 Å². The molecular weight excluding hydrogens is 613 g/mol. The van der Waals surface area contributed by atoms with Crippen LogP contribution in [0, 0.1) is 0 Å². The van der Waals surface area contributed by atoms with Crippen molar-refractivity contribution in [1.29, 1.82) is 0 Å². The van der Waals surface area contributed by atoms with Gasteiger partial charge in [-0.15, -0.1) is 0 Å². The Morgan fingerprint density at radius 3 is 1.84 bits per heavy atom. The van der Waals surface area contributed by atoms with Crippen LogP contribution in [0.4, 0.5) is 0 Å². The second-order valence-corrected chi connectivity index (χ2v) is 12.7. The lowest BCUT2D eigenvalue weighted by Crippen LogP contribution is -2.00. The van der Waals surface area contributed by atoms with Crippen LogP contribution in [0.25, 0.3) is 84.3 Å². The van der Waals surface area contributed by atoms with E-state index in [1.54, 1.807) is 0 Å². The minimum Gasteiger partial charge on any atom is -0.460 e. The number of para-hydroxylation sites is 2. The summed E-state index contributed by atoms with van der Waals surface area (Å²) in [6, 6.07) is 52.5. The van der Waals surface area contributed by atoms with Gasteiger partial charge < -0.3 is 8.98 Å². The highest BCUT2D eigenvalue weighted by Gasteiger charge is 2.23. The third kappa shape index (κ3) is 4.66. The lowest BCUT2D eigenvalue weighted by Gasteiger charge is -2.15. The highest BCUT2D eigenvalue weighted by molar-refractivity contribution is 6.15. The topological polar surface area (TPSA) is 56.7 Å². The van der Waals surface area contributed by atoms with E-state index in [1.807, 2.05) is 60.7 Å². The van der Waals surface area contributed by atoms with Crippen LogP contribution in [-0.4, -0.2) is 19.5 Å². The van der Waals surface area contributed by atoms with Crippen LogP contribution in [0.5, 0.6) is 0 Å². The minimum absolute atomic E-state index is 0.617. The summed E-state index contributed by atoms with van der Waals surface area (Å²) < 4.78 is 8.95. The van der Waals surface area contributed by atoms with Crippen molar-refractivity contribution >= 4 is 44.4 Å². The van der Waals surface area contributed by atoms with Crippen LogP contribution in [0.15, 0.2) is 156 Å². The number of furan rings is 1. The molecule has 3 heterocycles. The quantitative estimate of drug-likeness (QED) is 0.187. The van der Waals surface area contributed by atoms with Gasteiger partial charge in [-0.25, -0.2) is 15.0 Å². The Bertz CT molecular complexity index is 2680. The van der Waals surface area contributed by atoms with Gasteiger partial charge in [-0.2, -0.15) is 0 Å². The summed E-state index contributed by atoms with van der Waals surface area (Å²) in [7, 11) is 0. The largest absolute Gasteiger partial charge is 0.460 e. The van der Waals surface area contributed by atoms with Gasteiger partial charge in [0.1, 0.15) is 11.3 Å². The minimum atomic E-state index is 0.617. The van der Waals surface area contributed by atoms with E-state index in [0.717, 1.165) is 57.5 Å². The van der Waals surface area contributed by atoms with Crippen molar-refractivity contribution in [3.05, 3.63) is 169 Å². The molecule has 5 nitrogen and oxygen atoms in total. The molecule has 1 aliphatic carbocycles. The second-order valence-electron chi connectivity index (χ2n) is 12.7. The molecular formula is C45H30N4O. The van der Waals surface area contributed by atoms with Gasteiger partial charge in [-0.1, -0.05) is 115 Å². The number of aromatic nitrogens is 4. The number of hydrogen-bond donors (Lipinski definition) is 0. The first-order chi connectivity index (χ1) is 24.8. The molecule has 1 aliphatic rings. The Morgan fingerprint density at radius 1 is 0.500 bits per heavy atom. The zero-order valence-corrected chi connectivity index (χ0v) is 27.1. The van der Waals surface area contributed by atoms with E-state index in [1.165, 1.54) is 32.9 Å². The molecule has 0 aliphatic heterocycles. The summed E-state index contributed by atoms with van der Waals surface area (Å²) in [6.07, 6.45) is 4.08. The van der Waals surface area contributed by atoms with Crippen molar-refractivity contribution in [1.82, 2.24) is 19.5 Å². The Kier molecular flexibility index (Phi) is 6.56. The van der Waals surface area contributed by atoms with E-state index < -0.39 is 0 Å². The second kappa shape index (κ2) is 11.5. The molecule has 50 heavy (non-hydrogen) atoms. The fraction of sp³-hybridized carbons (Fsp3) is 0.0444. The van der Waals surface area contributed by atoms with Gasteiger partial charge in [0.25, 0.3) is 0 Å². The molecule has 0 unspecified atom stereocenters. The number of rotatable bonds is 5. The van der Waals surface area contributed by atoms with Crippen LogP contribution in [0.3, 0.4) is 0 Å². The molecule has 0 saturated carbocycles. The van der Waals surface area contributed by atoms with E-state index in [9.17, 15) is 0 Å². The molecule has 0 saturated heterocycles. The van der Waals surface area contributed by atoms with E-state index in [4.69, 9.17) is 19.4 Å². The van der Waals surface area contributed by atoms with E-state index >= 15 is 0 Å². The lowest BCUT2D eigenvalue weighted by molar-refractivity contribution is 0.548. The zero-order chi connectivity index (χ0) is 33.0. The normalized spacial score (nSPS) is 12.8. The molecule has 5 heteroatoms. The predicted molar refractivity (Wildman–Crippen MR) is 203 cm³/mol. The summed E-state index contributed by atoms with van der Waals surface area (Å²) in [5.74, 6) is 2.92. The van der Waals surface area contributed by atoms with Crippen molar-refractivity contribution in [3.8, 4) is 39.9 Å². The zero-order valence-electron chi connectivity index (χ0n) is 27.1. The molecule has 3 aromatic heterocycles. The predicted octanol–water partition coefficient (Wildman–Crippen LogP) is 11.2. The Labute approximate surface area is 288 Å². The molecule has 9 aromatic rings. The van der Waals surface area contributed by atoms with Gasteiger partial charge in [-0.05, 0) is 60.0 Å². The average molecular weight is 643 g/mol. The molecule has 0 fully saturated rings. The number of aryl methyl sites for hydroxylation is 1. The summed E-state index contributed by atoms with van der Waals surface area (Å²) in [5, 5.41) is 3.65. The lowest BCUT2D eigenvalue weighted by atomic mass is 9.89. The SMILES string of the molecule is C1=C(c2cccc3c2c2ccccc2n3-c2ccccc2)CCc2oc3cc(-c4nc(-c5ccccc5)nc(-c5ccccc5)n4)ccc3c21. The van der Waals surface area contributed by atoms with Crippen LogP contribution in [0.2, 0.25) is 0 Å². The summed E-state index contributed by atoms with van der Waals surface area (Å²) in [6.45, 7) is 0. The molecule has 6 aromatic carbocycles. The van der Waals surface area contributed by atoms with Gasteiger partial charge in [0.05, 0.1) is 11.0 Å². The number of allylic oxidation sites excluding steroid dienone is 1. The van der Waals surface area contributed by atoms with Gasteiger partial charge in [0.2, 0.25) is 0 Å². The van der Waals surface area contributed by atoms with Gasteiger partial charge in [0, 0.05) is 50.5 Å². The van der Waals surface area contributed by atoms with E-state index in [0.29, 0.717) is 17.5 Å². The maximum Gasteiger partial charge on any atom is 0.164 e. The number of hydrogen-bond acceptors (Lipinski definition) is 4. The third-order valence-corrected chi connectivity index (χ3v) is 9.76. The van der Waals surface area contributed by atoms with Crippen LogP contribution in [0.1, 0.15) is 23.3 Å². The summed E-state index contributed by atoms with van der Waals surface area (Å²) in [5.41, 5.74) is 11.0. The van der Waals surface area contributed by atoms with Crippen LogP contribution in [-0.2, 0) is 6.42 Å². The molecule has 0 radical (unpaired) electrons. The first kappa shape index (κ1) is 28.4. The third-order valence-electron chi connectivity index (χ3n) is 9.76. The standard InChI is InChI=1S/C45H30N4O/c1-4-13-29(14-5-1)43-46-44(30-15-6-2-7-16-30)48-45(47-43)32-23-25-35-37-27-31(24-26-40(37)50-41(35)28-32)34-20-12-22-39-42(34)36-19-10-11-21-38(36)49(39)33-17-8-3-9-18-33/h1-23,25,27-28H,24,26H2. The van der Waals surface area contributed by atoms with Gasteiger partial charge in [0.15, 0.2) is 17.5 Å². The Hall–Kier alpha value is -6.59. The highest BCUT2D eigenvalue weighted by atomic mass is 16.3. The fourth-order valence-electron chi connectivity index (χ4n) is 7.44. The maximum absolute atomic E-state index is 6.57. The fourth-order valence-corrected chi connectivity index (χ4v) is 7.44. The molecule has 236 valence electrons. The number of fused-ring (bicyclic) bond motifs is 6. The average Bonchev–Trinajstić information content (AvgIpc) is 3.74. The molecule has 0 spiro atoms. The first-order valence-electron chi connectivity index (χ1n) is 17.0. The van der Waals surface area contributed by atoms with Crippen molar-refractivity contribution in [2.45, 2.75) is 12.8 Å². The maximum atomic E-state index is 6.57. The molecule has 0 N–H and O–H groups in total. The van der Waals surface area contributed by atoms with E-state index in [-0.39, 0.29) is 0 Å². The summed E-state index contributed by atoms with van der Waals surface area (Å²) in [4.78, 5) is 14.7. The van der Waals surface area contributed by atoms with Crippen LogP contribution >= 0.6 is 0 Å². The Morgan fingerprint density at radius 2 is 1.12 bits per heavy atom. The van der Waals surface area contributed by atoms with Crippen molar-refractivity contribution in [2.75, 3.05) is 0 Å². The van der Waals surface area contributed by atoms with Gasteiger partial charge in [-0.3, -0.25) is 0 Å². The molecule has 0 atom stereocenters. The van der Waals surface area contributed by atoms with Crippen molar-refractivity contribution in [2.24, 2.45) is 0 Å². The molecule has 0 amide bonds. The molecule has 0 bridgehead atoms. The molecule has 10 rings (SSSR count). The summed E-state index contributed by atoms with van der Waals surface area (Å²) >= 11 is 0. The monoisotopic (exact) mass is 642 g/mol. The Balaban J connectivity index is 1.09. The first-order valence-corrected chi connectivity index (χ1v) is 17.0. The van der Waals surface area contributed by atoms with E-state index in [2.05, 4.69) is 102 Å². The van der Waals surface area contributed by atoms with Crippen LogP contribution < -0.4 is 0 Å². The smallest absolute Gasteiger partial charge is 0.164 e. The number of benzene rings is 6. The highest BCUT2D eigenvalue weighted by Crippen LogP contribution is 2.42. The van der Waals surface area contributed by atoms with Gasteiger partial charge >= 0.3 is 0 Å².